The summed E-state index contributed by atoms with van der Waals surface area (Å²) in [6.45, 7) is 4.00. The van der Waals surface area contributed by atoms with E-state index in [2.05, 4.69) is 0 Å². The van der Waals surface area contributed by atoms with E-state index < -0.39 is 10.7 Å². The van der Waals surface area contributed by atoms with Crippen molar-refractivity contribution in [2.75, 3.05) is 0 Å². The molecule has 1 aromatic rings. The Hall–Kier alpha value is -1.65. The molecule has 1 aliphatic rings. The first kappa shape index (κ1) is 12.8. The third kappa shape index (κ3) is 1.94. The number of fused-ring (bicyclic) bond motifs is 1. The summed E-state index contributed by atoms with van der Waals surface area (Å²) >= 11 is 0. The highest BCUT2D eigenvalue weighted by atomic mass is 16.8. The van der Waals surface area contributed by atoms with Gasteiger partial charge >= 0.3 is 6.09 Å². The van der Waals surface area contributed by atoms with E-state index in [0.29, 0.717) is 5.69 Å². The fourth-order valence-corrected chi connectivity index (χ4v) is 2.17. The highest BCUT2D eigenvalue weighted by Gasteiger charge is 2.47. The van der Waals surface area contributed by atoms with Crippen LogP contribution in [-0.2, 0) is 4.84 Å². The van der Waals surface area contributed by atoms with Crippen molar-refractivity contribution < 1.29 is 14.7 Å². The van der Waals surface area contributed by atoms with Crippen LogP contribution < -0.4 is 4.65 Å². The highest BCUT2D eigenvalue weighted by Crippen LogP contribution is 2.37. The van der Waals surface area contributed by atoms with E-state index in [0.717, 1.165) is 18.4 Å². The second-order valence-corrected chi connectivity index (χ2v) is 4.36. The molecule has 4 nitrogen and oxygen atoms in total. The molecule has 0 saturated heterocycles. The molecule has 1 N–H and O–H groups in total. The van der Waals surface area contributed by atoms with Gasteiger partial charge in [0.1, 0.15) is 12.3 Å². The number of nitrogens with zero attached hydrogens (tertiary/aromatic N) is 1. The Bertz CT molecular complexity index is 480. The van der Waals surface area contributed by atoms with Crippen molar-refractivity contribution in [3.8, 4) is 0 Å². The molecular formula is C14H18NO3+. The van der Waals surface area contributed by atoms with Crippen LogP contribution in [0, 0.1) is 0 Å². The molecule has 18 heavy (non-hydrogen) atoms. The predicted molar refractivity (Wildman–Crippen MR) is 70.7 cm³/mol. The molecule has 1 amide bonds. The molecule has 2 rings (SSSR count). The maximum atomic E-state index is 11.6. The van der Waals surface area contributed by atoms with Crippen LogP contribution in [0.25, 0.3) is 6.08 Å². The van der Waals surface area contributed by atoms with Gasteiger partial charge in [0.25, 0.3) is 0 Å². The van der Waals surface area contributed by atoms with Crippen LogP contribution in [-0.4, -0.2) is 17.3 Å². The lowest BCUT2D eigenvalue weighted by atomic mass is 10.2. The number of para-hydroxylation sites is 1. The number of hydroxylamine groups is 2. The predicted octanol–water partition coefficient (Wildman–Crippen LogP) is 3.78. The monoisotopic (exact) mass is 248 g/mol. The van der Waals surface area contributed by atoms with Crippen molar-refractivity contribution in [2.45, 2.75) is 32.8 Å². The Morgan fingerprint density at radius 3 is 2.61 bits per heavy atom. The SMILES string of the molecule is CCC(CC)O[N+]1(C(=O)O)C=Cc2ccccc21. The molecule has 0 fully saturated rings. The molecule has 0 aromatic heterocycles. The summed E-state index contributed by atoms with van der Waals surface area (Å²) in [5.74, 6) is 0. The van der Waals surface area contributed by atoms with Crippen molar-refractivity contribution in [1.29, 1.82) is 0 Å². The summed E-state index contributed by atoms with van der Waals surface area (Å²) in [6.07, 6.45) is 3.89. The molecule has 1 aliphatic heterocycles. The molecule has 1 unspecified atom stereocenters. The Kier molecular flexibility index (Phi) is 3.50. The van der Waals surface area contributed by atoms with E-state index in [1.54, 1.807) is 18.3 Å². The normalized spacial score (nSPS) is 21.3. The molecule has 4 heteroatoms. The third-order valence-corrected chi connectivity index (χ3v) is 3.27. The second kappa shape index (κ2) is 4.92. The second-order valence-electron chi connectivity index (χ2n) is 4.36. The van der Waals surface area contributed by atoms with E-state index in [1.165, 1.54) is 0 Å². The van der Waals surface area contributed by atoms with Gasteiger partial charge in [-0.2, -0.15) is 9.63 Å². The number of carbonyl (C=O) groups is 1. The lowest BCUT2D eigenvalue weighted by molar-refractivity contribution is -0.131. The smallest absolute Gasteiger partial charge is 0.432 e. The Labute approximate surface area is 107 Å². The van der Waals surface area contributed by atoms with Gasteiger partial charge in [-0.3, -0.25) is 0 Å². The van der Waals surface area contributed by atoms with E-state index in [1.807, 2.05) is 32.0 Å². The zero-order valence-corrected chi connectivity index (χ0v) is 10.7. The van der Waals surface area contributed by atoms with Gasteiger partial charge in [-0.1, -0.05) is 26.0 Å². The number of hydrogen-bond donors (Lipinski definition) is 1. The van der Waals surface area contributed by atoms with Crippen LogP contribution in [0.4, 0.5) is 10.5 Å². The Morgan fingerprint density at radius 2 is 2.00 bits per heavy atom. The minimum atomic E-state index is -1.01. The van der Waals surface area contributed by atoms with Gasteiger partial charge in [-0.15, -0.1) is 0 Å². The summed E-state index contributed by atoms with van der Waals surface area (Å²) in [4.78, 5) is 17.5. The topological polar surface area (TPSA) is 46.5 Å². The van der Waals surface area contributed by atoms with Crippen LogP contribution in [0.1, 0.15) is 32.3 Å². The summed E-state index contributed by atoms with van der Waals surface area (Å²) in [5.41, 5.74) is 1.56. The fraction of sp³-hybridized carbons (Fsp3) is 0.357. The van der Waals surface area contributed by atoms with Crippen LogP contribution in [0.2, 0.25) is 0 Å². The summed E-state index contributed by atoms with van der Waals surface area (Å²) in [5, 5.41) is 9.55. The third-order valence-electron chi connectivity index (χ3n) is 3.27. The number of hydrogen-bond acceptors (Lipinski definition) is 2. The van der Waals surface area contributed by atoms with Gasteiger partial charge in [-0.25, -0.2) is 0 Å². The largest absolute Gasteiger partial charge is 0.557 e. The number of quaternary nitrogens is 1. The van der Waals surface area contributed by atoms with E-state index >= 15 is 0 Å². The first-order chi connectivity index (χ1) is 8.64. The number of amides is 1. The van der Waals surface area contributed by atoms with Gasteiger partial charge < -0.3 is 5.11 Å². The molecule has 0 radical (unpaired) electrons. The molecule has 1 atom stereocenters. The Morgan fingerprint density at radius 1 is 1.33 bits per heavy atom. The van der Waals surface area contributed by atoms with Crippen molar-refractivity contribution >= 4 is 17.9 Å². The van der Waals surface area contributed by atoms with Gasteiger partial charge in [0.15, 0.2) is 5.69 Å². The van der Waals surface area contributed by atoms with Crippen molar-refractivity contribution in [3.05, 3.63) is 36.0 Å². The van der Waals surface area contributed by atoms with Gasteiger partial charge in [0, 0.05) is 17.7 Å². The molecule has 96 valence electrons. The number of benzene rings is 1. The van der Waals surface area contributed by atoms with Crippen molar-refractivity contribution in [1.82, 2.24) is 4.65 Å². The first-order valence-corrected chi connectivity index (χ1v) is 6.23. The lowest BCUT2D eigenvalue weighted by Gasteiger charge is -2.27. The molecule has 1 aromatic carbocycles. The molecule has 0 saturated carbocycles. The maximum absolute atomic E-state index is 11.6. The zero-order valence-electron chi connectivity index (χ0n) is 10.7. The summed E-state index contributed by atoms with van der Waals surface area (Å²) < 4.78 is -0.553. The van der Waals surface area contributed by atoms with Crippen LogP contribution in [0.5, 0.6) is 0 Å². The molecule has 1 heterocycles. The van der Waals surface area contributed by atoms with E-state index in [4.69, 9.17) is 4.84 Å². The van der Waals surface area contributed by atoms with E-state index in [9.17, 15) is 9.90 Å². The average Bonchev–Trinajstić information content (AvgIpc) is 2.76. The van der Waals surface area contributed by atoms with Crippen molar-refractivity contribution in [3.63, 3.8) is 0 Å². The van der Waals surface area contributed by atoms with Crippen LogP contribution in [0.15, 0.2) is 30.5 Å². The summed E-state index contributed by atoms with van der Waals surface area (Å²) in [7, 11) is 0. The molecule has 0 spiro atoms. The zero-order chi connectivity index (χ0) is 13.2. The minimum absolute atomic E-state index is 0.0723. The molecular weight excluding hydrogens is 230 g/mol. The van der Waals surface area contributed by atoms with Gasteiger partial charge in [0.05, 0.1) is 0 Å². The molecule has 0 bridgehead atoms. The first-order valence-electron chi connectivity index (χ1n) is 6.23. The lowest BCUT2D eigenvalue weighted by Crippen LogP contribution is -2.49. The minimum Gasteiger partial charge on any atom is -0.432 e. The average molecular weight is 248 g/mol. The van der Waals surface area contributed by atoms with Crippen molar-refractivity contribution in [2.24, 2.45) is 0 Å². The fourth-order valence-electron chi connectivity index (χ4n) is 2.17. The highest BCUT2D eigenvalue weighted by molar-refractivity contribution is 5.89. The van der Waals surface area contributed by atoms with Gasteiger partial charge in [0.2, 0.25) is 0 Å². The standard InChI is InChI=1S/C14H17NO3/c1-3-12(4-2)18-15(14(16)17)10-9-11-7-5-6-8-13(11)15/h5-10,12H,3-4H2,1-2H3/p+1. The number of rotatable bonds is 4. The van der Waals surface area contributed by atoms with Crippen LogP contribution >= 0.6 is 0 Å². The van der Waals surface area contributed by atoms with Gasteiger partial charge in [-0.05, 0) is 23.6 Å². The Balaban J connectivity index is 2.42. The van der Waals surface area contributed by atoms with E-state index in [-0.39, 0.29) is 6.10 Å². The van der Waals surface area contributed by atoms with Crippen LogP contribution in [0.3, 0.4) is 0 Å². The summed E-state index contributed by atoms with van der Waals surface area (Å²) in [6, 6.07) is 7.41. The quantitative estimate of drug-likeness (QED) is 0.825. The maximum Gasteiger partial charge on any atom is 0.557 e. The molecule has 0 aliphatic carbocycles. The number of carboxylic acid groups (broad SMARTS) is 1.